The number of aliphatic hydroxyl groups is 1. The van der Waals surface area contributed by atoms with E-state index in [4.69, 9.17) is 0 Å². The van der Waals surface area contributed by atoms with E-state index in [-0.39, 0.29) is 12.5 Å². The quantitative estimate of drug-likeness (QED) is 0.747. The summed E-state index contributed by atoms with van der Waals surface area (Å²) >= 11 is 0. The van der Waals surface area contributed by atoms with Gasteiger partial charge in [0.05, 0.1) is 6.54 Å². The van der Waals surface area contributed by atoms with Crippen LogP contribution in [0.25, 0.3) is 0 Å². The van der Waals surface area contributed by atoms with Gasteiger partial charge in [0.1, 0.15) is 0 Å². The number of hydrogen-bond donors (Lipinski definition) is 1. The fraction of sp³-hybridized carbons (Fsp3) is 0.929. The number of likely N-dealkylation sites (tertiary alicyclic amines) is 1. The van der Waals surface area contributed by atoms with Crippen molar-refractivity contribution in [1.82, 2.24) is 9.80 Å². The molecule has 4 nitrogen and oxygen atoms in total. The Balaban J connectivity index is 2.37. The van der Waals surface area contributed by atoms with E-state index in [9.17, 15) is 9.90 Å². The molecule has 4 heteroatoms. The molecule has 0 spiro atoms. The molecular weight excluding hydrogens is 228 g/mol. The van der Waals surface area contributed by atoms with Crippen LogP contribution >= 0.6 is 0 Å². The van der Waals surface area contributed by atoms with Gasteiger partial charge in [0.2, 0.25) is 5.91 Å². The Morgan fingerprint density at radius 3 is 2.83 bits per heavy atom. The van der Waals surface area contributed by atoms with Gasteiger partial charge in [-0.05, 0) is 38.6 Å². The first-order valence-corrected chi connectivity index (χ1v) is 7.32. The van der Waals surface area contributed by atoms with Crippen LogP contribution in [0.15, 0.2) is 0 Å². The van der Waals surface area contributed by atoms with Gasteiger partial charge in [-0.3, -0.25) is 9.69 Å². The Morgan fingerprint density at radius 2 is 2.22 bits per heavy atom. The summed E-state index contributed by atoms with van der Waals surface area (Å²) in [5.74, 6) is 0.599. The van der Waals surface area contributed by atoms with E-state index < -0.39 is 0 Å². The lowest BCUT2D eigenvalue weighted by Crippen LogP contribution is -2.45. The van der Waals surface area contributed by atoms with Crippen LogP contribution in [0.5, 0.6) is 0 Å². The molecule has 106 valence electrons. The molecule has 1 rings (SSSR count). The summed E-state index contributed by atoms with van der Waals surface area (Å²) in [5, 5.41) is 9.19. The minimum absolute atomic E-state index is 0.240. The zero-order valence-electron chi connectivity index (χ0n) is 11.9. The van der Waals surface area contributed by atoms with Gasteiger partial charge in [-0.2, -0.15) is 0 Å². The predicted octanol–water partition coefficient (Wildman–Crippen LogP) is 1.34. The molecule has 1 aliphatic rings. The fourth-order valence-electron chi connectivity index (χ4n) is 2.54. The first-order valence-electron chi connectivity index (χ1n) is 7.32. The van der Waals surface area contributed by atoms with E-state index in [2.05, 4.69) is 11.8 Å². The molecule has 0 aromatic heterocycles. The van der Waals surface area contributed by atoms with Crippen molar-refractivity contribution in [2.75, 3.05) is 39.3 Å². The fourth-order valence-corrected chi connectivity index (χ4v) is 2.54. The third-order valence-corrected chi connectivity index (χ3v) is 3.74. The molecule has 1 saturated heterocycles. The minimum Gasteiger partial charge on any atom is -0.396 e. The monoisotopic (exact) mass is 256 g/mol. The molecule has 1 fully saturated rings. The molecule has 1 heterocycles. The molecule has 0 aromatic carbocycles. The van der Waals surface area contributed by atoms with Gasteiger partial charge >= 0.3 is 0 Å². The highest BCUT2D eigenvalue weighted by Crippen LogP contribution is 2.15. The molecule has 1 amide bonds. The summed E-state index contributed by atoms with van der Waals surface area (Å²) in [6.45, 7) is 8.50. The largest absolute Gasteiger partial charge is 0.396 e. The highest BCUT2D eigenvalue weighted by atomic mass is 16.3. The van der Waals surface area contributed by atoms with Crippen LogP contribution in [-0.2, 0) is 4.79 Å². The van der Waals surface area contributed by atoms with Gasteiger partial charge in [0, 0.05) is 26.2 Å². The zero-order chi connectivity index (χ0) is 13.4. The number of nitrogens with zero attached hydrogens (tertiary/aromatic N) is 2. The van der Waals surface area contributed by atoms with Crippen molar-refractivity contribution in [3.05, 3.63) is 0 Å². The minimum atomic E-state index is 0.240. The van der Waals surface area contributed by atoms with E-state index in [1.165, 1.54) is 0 Å². The van der Waals surface area contributed by atoms with E-state index >= 15 is 0 Å². The standard InChI is InChI=1S/C14H28N2O2/c1-3-5-9-16(4-2)14(18)11-15-8-6-7-13(10-15)12-17/h13,17H,3-12H2,1-2H3. The van der Waals surface area contributed by atoms with Crippen LogP contribution in [-0.4, -0.2) is 60.1 Å². The van der Waals surface area contributed by atoms with Crippen LogP contribution in [0.3, 0.4) is 0 Å². The second-order valence-corrected chi connectivity index (χ2v) is 5.25. The SMILES string of the molecule is CCCCN(CC)C(=O)CN1CCCC(CO)C1. The summed E-state index contributed by atoms with van der Waals surface area (Å²) in [6.07, 6.45) is 4.40. The molecule has 0 radical (unpaired) electrons. The maximum atomic E-state index is 12.2. The van der Waals surface area contributed by atoms with Crippen molar-refractivity contribution < 1.29 is 9.90 Å². The van der Waals surface area contributed by atoms with Crippen molar-refractivity contribution in [2.45, 2.75) is 39.5 Å². The Hall–Kier alpha value is -0.610. The van der Waals surface area contributed by atoms with E-state index in [0.29, 0.717) is 12.5 Å². The van der Waals surface area contributed by atoms with Gasteiger partial charge in [-0.15, -0.1) is 0 Å². The smallest absolute Gasteiger partial charge is 0.236 e. The summed E-state index contributed by atoms with van der Waals surface area (Å²) in [7, 11) is 0. The molecule has 0 aromatic rings. The van der Waals surface area contributed by atoms with E-state index in [1.807, 2.05) is 11.8 Å². The number of likely N-dealkylation sites (N-methyl/N-ethyl adjacent to an activating group) is 1. The summed E-state index contributed by atoms with van der Waals surface area (Å²) in [6, 6.07) is 0. The van der Waals surface area contributed by atoms with Gasteiger partial charge in [-0.1, -0.05) is 13.3 Å². The number of amides is 1. The first-order chi connectivity index (χ1) is 8.71. The highest BCUT2D eigenvalue weighted by Gasteiger charge is 2.22. The molecule has 1 unspecified atom stereocenters. The van der Waals surface area contributed by atoms with Gasteiger partial charge in [0.25, 0.3) is 0 Å². The maximum absolute atomic E-state index is 12.2. The van der Waals surface area contributed by atoms with Crippen molar-refractivity contribution in [2.24, 2.45) is 5.92 Å². The van der Waals surface area contributed by atoms with Crippen molar-refractivity contribution >= 4 is 5.91 Å². The van der Waals surface area contributed by atoms with E-state index in [1.54, 1.807) is 0 Å². The summed E-state index contributed by atoms with van der Waals surface area (Å²) in [5.41, 5.74) is 0. The third-order valence-electron chi connectivity index (χ3n) is 3.74. The molecule has 1 atom stereocenters. The van der Waals surface area contributed by atoms with Crippen LogP contribution in [0.4, 0.5) is 0 Å². The van der Waals surface area contributed by atoms with E-state index in [0.717, 1.165) is 51.9 Å². The normalized spacial score (nSPS) is 20.9. The molecule has 0 aliphatic carbocycles. The Labute approximate surface area is 111 Å². The van der Waals surface area contributed by atoms with Crippen molar-refractivity contribution in [3.63, 3.8) is 0 Å². The topological polar surface area (TPSA) is 43.8 Å². The highest BCUT2D eigenvalue weighted by molar-refractivity contribution is 5.78. The predicted molar refractivity (Wildman–Crippen MR) is 73.4 cm³/mol. The average molecular weight is 256 g/mol. The number of piperidine rings is 1. The lowest BCUT2D eigenvalue weighted by atomic mass is 9.99. The van der Waals surface area contributed by atoms with Gasteiger partial charge in [0.15, 0.2) is 0 Å². The molecule has 0 bridgehead atoms. The second-order valence-electron chi connectivity index (χ2n) is 5.25. The summed E-state index contributed by atoms with van der Waals surface area (Å²) in [4.78, 5) is 16.3. The maximum Gasteiger partial charge on any atom is 0.236 e. The van der Waals surface area contributed by atoms with Gasteiger partial charge < -0.3 is 10.0 Å². The number of aliphatic hydroxyl groups excluding tert-OH is 1. The van der Waals surface area contributed by atoms with Crippen molar-refractivity contribution in [1.29, 1.82) is 0 Å². The Morgan fingerprint density at radius 1 is 1.44 bits per heavy atom. The number of carbonyl (C=O) groups excluding carboxylic acids is 1. The molecule has 1 N–H and O–H groups in total. The molecular formula is C14H28N2O2. The molecule has 18 heavy (non-hydrogen) atoms. The first kappa shape index (κ1) is 15.4. The number of carbonyl (C=O) groups is 1. The number of rotatable bonds is 7. The number of hydrogen-bond acceptors (Lipinski definition) is 3. The zero-order valence-corrected chi connectivity index (χ0v) is 11.9. The molecule has 0 saturated carbocycles. The Bertz CT molecular complexity index is 246. The van der Waals surface area contributed by atoms with Crippen molar-refractivity contribution in [3.8, 4) is 0 Å². The molecule has 1 aliphatic heterocycles. The second kappa shape index (κ2) is 8.48. The Kier molecular flexibility index (Phi) is 7.28. The van der Waals surface area contributed by atoms with Crippen LogP contribution in [0, 0.1) is 5.92 Å². The average Bonchev–Trinajstić information content (AvgIpc) is 2.40. The number of unbranched alkanes of at least 4 members (excludes halogenated alkanes) is 1. The lowest BCUT2D eigenvalue weighted by Gasteiger charge is -2.32. The van der Waals surface area contributed by atoms with Crippen LogP contribution < -0.4 is 0 Å². The third kappa shape index (κ3) is 4.94. The lowest BCUT2D eigenvalue weighted by molar-refractivity contribution is -0.132. The summed E-state index contributed by atoms with van der Waals surface area (Å²) < 4.78 is 0. The van der Waals surface area contributed by atoms with Gasteiger partial charge in [-0.25, -0.2) is 0 Å². The van der Waals surface area contributed by atoms with Crippen LogP contribution in [0.2, 0.25) is 0 Å². The van der Waals surface area contributed by atoms with Crippen LogP contribution in [0.1, 0.15) is 39.5 Å².